The molecule has 0 amide bonds. The first kappa shape index (κ1) is 21.9. The number of furan rings is 1. The highest BCUT2D eigenvalue weighted by Gasteiger charge is 2.23. The van der Waals surface area contributed by atoms with Crippen molar-refractivity contribution in [3.8, 4) is 0 Å². The lowest BCUT2D eigenvalue weighted by Gasteiger charge is -2.33. The molecule has 32 heavy (non-hydrogen) atoms. The third kappa shape index (κ3) is 4.49. The molecule has 2 atom stereocenters. The third-order valence-corrected chi connectivity index (χ3v) is 6.35. The monoisotopic (exact) mass is 455 g/mol. The van der Waals surface area contributed by atoms with Crippen LogP contribution < -0.4 is 20.7 Å². The number of benzene rings is 1. The quantitative estimate of drug-likeness (QED) is 0.339. The summed E-state index contributed by atoms with van der Waals surface area (Å²) in [5.74, 6) is 0.494. The van der Waals surface area contributed by atoms with Gasteiger partial charge in [-0.25, -0.2) is 18.9 Å². The molecule has 168 valence electrons. The second-order valence-electron chi connectivity index (χ2n) is 7.39. The van der Waals surface area contributed by atoms with Crippen molar-refractivity contribution < 1.29 is 13.7 Å². The van der Waals surface area contributed by atoms with Crippen molar-refractivity contribution in [3.05, 3.63) is 54.2 Å². The first-order valence-electron chi connectivity index (χ1n) is 10.1. The maximum Gasteiger partial charge on any atom is 0.145 e. The van der Waals surface area contributed by atoms with Crippen molar-refractivity contribution in [3.63, 3.8) is 0 Å². The van der Waals surface area contributed by atoms with Gasteiger partial charge in [-0.05, 0) is 44.2 Å². The van der Waals surface area contributed by atoms with Gasteiger partial charge in [0.2, 0.25) is 0 Å². The van der Waals surface area contributed by atoms with E-state index in [1.165, 1.54) is 18.9 Å². The Kier molecular flexibility index (Phi) is 6.49. The summed E-state index contributed by atoms with van der Waals surface area (Å²) in [5, 5.41) is 22.0. The van der Waals surface area contributed by atoms with Gasteiger partial charge in [0.05, 0.1) is 46.2 Å². The van der Waals surface area contributed by atoms with Crippen molar-refractivity contribution in [2.75, 3.05) is 36.1 Å². The van der Waals surface area contributed by atoms with Gasteiger partial charge in [-0.1, -0.05) is 0 Å². The number of piperidine rings is 1. The molecule has 1 aliphatic rings. The van der Waals surface area contributed by atoms with E-state index in [0.717, 1.165) is 25.1 Å². The van der Waals surface area contributed by atoms with Crippen LogP contribution >= 0.6 is 0 Å². The molecule has 1 fully saturated rings. The number of hydrogen-bond acceptors (Lipinski definition) is 9. The molecule has 1 saturated heterocycles. The lowest BCUT2D eigenvalue weighted by atomic mass is 10.1. The van der Waals surface area contributed by atoms with Crippen molar-refractivity contribution in [1.29, 1.82) is 5.41 Å². The van der Waals surface area contributed by atoms with Gasteiger partial charge >= 0.3 is 0 Å². The number of nitrogens with one attached hydrogen (secondary N) is 3. The number of hydrogen-bond donors (Lipinski definition) is 5. The summed E-state index contributed by atoms with van der Waals surface area (Å²) in [6, 6.07) is 7.09. The molecule has 1 aliphatic heterocycles. The number of nitrogens with two attached hydrogens (primary N) is 1. The number of rotatable bonds is 7. The van der Waals surface area contributed by atoms with Crippen LogP contribution in [0.25, 0.3) is 0 Å². The number of aromatic nitrogens is 2. The van der Waals surface area contributed by atoms with Crippen molar-refractivity contribution in [2.45, 2.75) is 23.8 Å². The molecule has 11 heteroatoms. The predicted octanol–water partition coefficient (Wildman–Crippen LogP) is 2.01. The topological polar surface area (TPSA) is 153 Å². The van der Waals surface area contributed by atoms with Gasteiger partial charge in [0.15, 0.2) is 0 Å². The second-order valence-corrected chi connectivity index (χ2v) is 8.81. The summed E-state index contributed by atoms with van der Waals surface area (Å²) in [4.78, 5) is 11.0. The molecule has 6 N–H and O–H groups in total. The van der Waals surface area contributed by atoms with Crippen LogP contribution in [0.2, 0.25) is 0 Å². The molecule has 0 spiro atoms. The maximum atomic E-state index is 12.4. The van der Waals surface area contributed by atoms with Gasteiger partial charge in [-0.2, -0.15) is 0 Å². The lowest BCUT2D eigenvalue weighted by Crippen LogP contribution is -2.38. The molecule has 1 aromatic carbocycles. The van der Waals surface area contributed by atoms with Gasteiger partial charge in [-0.3, -0.25) is 5.41 Å². The Morgan fingerprint density at radius 1 is 1.38 bits per heavy atom. The number of nitrogens with zero attached hydrogens (tertiary/aromatic N) is 3. The average Bonchev–Trinajstić information content (AvgIpc) is 3.33. The van der Waals surface area contributed by atoms with Gasteiger partial charge in [0, 0.05) is 18.7 Å². The van der Waals surface area contributed by atoms with Crippen molar-refractivity contribution in [2.24, 2.45) is 0 Å². The van der Waals surface area contributed by atoms with Crippen LogP contribution in [0.5, 0.6) is 0 Å². The van der Waals surface area contributed by atoms with Gasteiger partial charge in [0.25, 0.3) is 0 Å². The molecule has 10 nitrogen and oxygen atoms in total. The minimum absolute atomic E-state index is 0.115. The molecule has 3 heterocycles. The Balaban J connectivity index is 1.77. The fraction of sp³-hybridized carbons (Fsp3) is 0.286. The van der Waals surface area contributed by atoms with Gasteiger partial charge < -0.3 is 25.5 Å². The van der Waals surface area contributed by atoms with E-state index in [2.05, 4.69) is 24.9 Å². The molecule has 0 radical (unpaired) electrons. The van der Waals surface area contributed by atoms with Crippen molar-refractivity contribution in [1.82, 2.24) is 14.7 Å². The highest BCUT2D eigenvalue weighted by Crippen LogP contribution is 2.34. The summed E-state index contributed by atoms with van der Waals surface area (Å²) in [6.45, 7) is 1.27. The van der Waals surface area contributed by atoms with Crippen LogP contribution in [0.3, 0.4) is 0 Å². The largest absolute Gasteiger partial charge is 0.472 e. The van der Waals surface area contributed by atoms with Gasteiger partial charge in [0.1, 0.15) is 28.9 Å². The Morgan fingerprint density at radius 3 is 2.94 bits per heavy atom. The number of nitrogen functional groups attached to an aromatic ring is 1. The van der Waals surface area contributed by atoms with E-state index in [1.54, 1.807) is 25.2 Å². The lowest BCUT2D eigenvalue weighted by molar-refractivity contribution is 0.154. The number of aliphatic hydroxyl groups excluding tert-OH is 1. The standard InChI is InChI=1S/C21H25N7O3S/c1-24-32(30)15-4-5-17(28-7-2-3-14(29)10-28)16(9-15)27-21-18(20(23)25-12-26-21)19(22)13-6-8-31-11-13/h4-6,8-9,11-12,14,22,24,29H,2-3,7,10H2,1H3,(H3,23,25,26,27). The summed E-state index contributed by atoms with van der Waals surface area (Å²) in [5.41, 5.74) is 8.57. The number of aliphatic hydroxyl groups is 1. The Morgan fingerprint density at radius 2 is 2.22 bits per heavy atom. The van der Waals surface area contributed by atoms with Crippen LogP contribution in [-0.2, 0) is 11.0 Å². The molecule has 0 bridgehead atoms. The number of anilines is 4. The Bertz CT molecular complexity index is 1140. The van der Waals surface area contributed by atoms with E-state index in [9.17, 15) is 9.32 Å². The first-order chi connectivity index (χ1) is 15.5. The molecule has 0 saturated carbocycles. The van der Waals surface area contributed by atoms with E-state index >= 15 is 0 Å². The fourth-order valence-electron chi connectivity index (χ4n) is 3.72. The molecular formula is C21H25N7O3S. The highest BCUT2D eigenvalue weighted by atomic mass is 32.2. The number of β-amino-alcohol motifs (C(OH)–C–C–N with tert-alkyl or cyclic N) is 1. The zero-order valence-electron chi connectivity index (χ0n) is 17.5. The fourth-order valence-corrected chi connectivity index (χ4v) is 4.37. The van der Waals surface area contributed by atoms with Crippen LogP contribution in [0.1, 0.15) is 24.0 Å². The predicted molar refractivity (Wildman–Crippen MR) is 124 cm³/mol. The zero-order chi connectivity index (χ0) is 22.7. The van der Waals surface area contributed by atoms with E-state index in [1.807, 2.05) is 6.07 Å². The first-order valence-corrected chi connectivity index (χ1v) is 11.3. The van der Waals surface area contributed by atoms with E-state index in [4.69, 9.17) is 15.6 Å². The third-order valence-electron chi connectivity index (χ3n) is 5.29. The summed E-state index contributed by atoms with van der Waals surface area (Å²) < 4.78 is 20.2. The van der Waals surface area contributed by atoms with E-state index in [-0.39, 0.29) is 11.5 Å². The smallest absolute Gasteiger partial charge is 0.145 e. The highest BCUT2D eigenvalue weighted by molar-refractivity contribution is 7.83. The molecule has 3 aromatic rings. The van der Waals surface area contributed by atoms with E-state index in [0.29, 0.717) is 34.1 Å². The minimum Gasteiger partial charge on any atom is -0.472 e. The van der Waals surface area contributed by atoms with Crippen LogP contribution in [0.15, 0.2) is 52.4 Å². The Labute approximate surface area is 188 Å². The summed E-state index contributed by atoms with van der Waals surface area (Å²) in [7, 11) is 0.227. The average molecular weight is 456 g/mol. The van der Waals surface area contributed by atoms with E-state index < -0.39 is 17.1 Å². The molecular weight excluding hydrogens is 430 g/mol. The summed E-state index contributed by atoms with van der Waals surface area (Å²) in [6.07, 6.45) is 5.46. The second kappa shape index (κ2) is 9.47. The SMILES string of the molecule is CNS(=O)c1ccc(N2CCCC(O)C2)c(Nc2ncnc(N)c2C(=N)c2ccoc2)c1. The Hall–Kier alpha value is -3.28. The maximum absolute atomic E-state index is 12.4. The summed E-state index contributed by atoms with van der Waals surface area (Å²) >= 11 is 0. The normalized spacial score (nSPS) is 17.2. The van der Waals surface area contributed by atoms with Crippen LogP contribution in [0, 0.1) is 5.41 Å². The molecule has 2 aromatic heterocycles. The molecule has 4 rings (SSSR count). The molecule has 2 unspecified atom stereocenters. The van der Waals surface area contributed by atoms with Crippen LogP contribution in [-0.4, -0.2) is 51.2 Å². The van der Waals surface area contributed by atoms with Crippen molar-refractivity contribution >= 4 is 39.7 Å². The minimum atomic E-state index is -1.39. The van der Waals surface area contributed by atoms with Gasteiger partial charge in [-0.15, -0.1) is 0 Å². The molecule has 0 aliphatic carbocycles. The zero-order valence-corrected chi connectivity index (χ0v) is 18.4. The van der Waals surface area contributed by atoms with Crippen LogP contribution in [0.4, 0.5) is 23.0 Å².